The summed E-state index contributed by atoms with van der Waals surface area (Å²) in [4.78, 5) is 11.5. The van der Waals surface area contributed by atoms with E-state index in [1.807, 2.05) is 0 Å². The fraction of sp³-hybridized carbons (Fsp3) is 0.417. The lowest BCUT2D eigenvalue weighted by Crippen LogP contribution is -2.48. The molecule has 0 heterocycles. The third-order valence-electron chi connectivity index (χ3n) is 3.32. The van der Waals surface area contributed by atoms with Crippen molar-refractivity contribution in [3.05, 3.63) is 33.8 Å². The minimum Gasteiger partial charge on any atom is -0.389 e. The van der Waals surface area contributed by atoms with E-state index in [9.17, 15) is 9.90 Å². The van der Waals surface area contributed by atoms with Gasteiger partial charge in [-0.2, -0.15) is 0 Å². The number of hydrogen-bond acceptors (Lipinski definition) is 2. The quantitative estimate of drug-likeness (QED) is 0.889. The van der Waals surface area contributed by atoms with Gasteiger partial charge in [-0.15, -0.1) is 0 Å². The van der Waals surface area contributed by atoms with Crippen LogP contribution in [0.15, 0.2) is 18.2 Å². The number of nitrogens with two attached hydrogens (primary N) is 1. The van der Waals surface area contributed by atoms with Gasteiger partial charge >= 0.3 is 0 Å². The molecule has 3 nitrogen and oxygen atoms in total. The van der Waals surface area contributed by atoms with Gasteiger partial charge in [-0.25, -0.2) is 0 Å². The second kappa shape index (κ2) is 4.48. The van der Waals surface area contributed by atoms with Gasteiger partial charge in [0.1, 0.15) is 0 Å². The lowest BCUT2D eigenvalue weighted by atomic mass is 9.68. The molecule has 1 amide bonds. The Hall–Kier alpha value is -0.770. The molecule has 0 aliphatic heterocycles. The van der Waals surface area contributed by atoms with E-state index in [-0.39, 0.29) is 0 Å². The van der Waals surface area contributed by atoms with Crippen LogP contribution >= 0.6 is 23.2 Å². The van der Waals surface area contributed by atoms with E-state index in [0.717, 1.165) is 6.42 Å². The molecule has 2 rings (SSSR count). The Morgan fingerprint density at radius 3 is 2.41 bits per heavy atom. The molecule has 1 saturated carbocycles. The number of amides is 1. The highest BCUT2D eigenvalue weighted by atomic mass is 35.5. The largest absolute Gasteiger partial charge is 0.389 e. The zero-order valence-corrected chi connectivity index (χ0v) is 10.6. The molecule has 0 saturated heterocycles. The summed E-state index contributed by atoms with van der Waals surface area (Å²) in [6.45, 7) is 0. The zero-order chi connectivity index (χ0) is 12.6. The first-order chi connectivity index (χ1) is 7.94. The predicted octanol–water partition coefficient (Wildman–Crippen LogP) is 2.48. The molecule has 0 radical (unpaired) electrons. The van der Waals surface area contributed by atoms with Crippen molar-refractivity contribution < 1.29 is 9.90 Å². The number of halogens is 2. The Kier molecular flexibility index (Phi) is 3.34. The maximum Gasteiger partial charge on any atom is 0.227 e. The fourth-order valence-corrected chi connectivity index (χ4v) is 2.57. The zero-order valence-electron chi connectivity index (χ0n) is 9.12. The van der Waals surface area contributed by atoms with E-state index in [0.29, 0.717) is 28.5 Å². The molecule has 0 aromatic heterocycles. The molecule has 17 heavy (non-hydrogen) atoms. The van der Waals surface area contributed by atoms with Crippen LogP contribution in [-0.2, 0) is 4.79 Å². The van der Waals surface area contributed by atoms with Gasteiger partial charge in [0.2, 0.25) is 5.91 Å². The van der Waals surface area contributed by atoms with Gasteiger partial charge in [0.15, 0.2) is 0 Å². The molecule has 1 aliphatic carbocycles. The van der Waals surface area contributed by atoms with Crippen LogP contribution in [0.5, 0.6) is 0 Å². The smallest absolute Gasteiger partial charge is 0.227 e. The maximum absolute atomic E-state index is 11.5. The number of benzene rings is 1. The highest BCUT2D eigenvalue weighted by molar-refractivity contribution is 6.42. The summed E-state index contributed by atoms with van der Waals surface area (Å²) in [7, 11) is 0. The van der Waals surface area contributed by atoms with Crippen molar-refractivity contribution in [3.63, 3.8) is 0 Å². The monoisotopic (exact) mass is 273 g/mol. The maximum atomic E-state index is 11.5. The summed E-state index contributed by atoms with van der Waals surface area (Å²) in [6, 6.07) is 4.88. The van der Waals surface area contributed by atoms with Crippen molar-refractivity contribution in [2.24, 2.45) is 5.73 Å². The van der Waals surface area contributed by atoms with Crippen molar-refractivity contribution in [2.75, 3.05) is 0 Å². The molecule has 1 fully saturated rings. The van der Waals surface area contributed by atoms with E-state index in [4.69, 9.17) is 28.9 Å². The van der Waals surface area contributed by atoms with Gasteiger partial charge in [0.25, 0.3) is 0 Å². The normalized spacial score (nSPS) is 19.5. The molecule has 1 atom stereocenters. The van der Waals surface area contributed by atoms with Crippen molar-refractivity contribution >= 4 is 29.1 Å². The van der Waals surface area contributed by atoms with E-state index in [1.165, 1.54) is 0 Å². The molecular weight excluding hydrogens is 261 g/mol. The molecule has 0 spiro atoms. The molecule has 5 heteroatoms. The lowest BCUT2D eigenvalue weighted by molar-refractivity contribution is -0.131. The van der Waals surface area contributed by atoms with Gasteiger partial charge < -0.3 is 10.8 Å². The van der Waals surface area contributed by atoms with Crippen LogP contribution in [0.1, 0.15) is 30.7 Å². The highest BCUT2D eigenvalue weighted by Crippen LogP contribution is 2.44. The Morgan fingerprint density at radius 1 is 1.35 bits per heavy atom. The van der Waals surface area contributed by atoms with Crippen molar-refractivity contribution in [1.29, 1.82) is 0 Å². The molecular formula is C12H13Cl2NO2. The summed E-state index contributed by atoms with van der Waals surface area (Å²) >= 11 is 11.7. The molecule has 3 N–H and O–H groups in total. The SMILES string of the molecule is NC(=O)C(c1ccc(Cl)c(Cl)c1)C1(O)CCC1. The highest BCUT2D eigenvalue weighted by Gasteiger charge is 2.46. The molecule has 1 aromatic rings. The first-order valence-corrected chi connectivity index (χ1v) is 6.16. The van der Waals surface area contributed by atoms with Gasteiger partial charge in [0, 0.05) is 0 Å². The molecule has 1 aliphatic rings. The Labute approximate surface area is 110 Å². The summed E-state index contributed by atoms with van der Waals surface area (Å²) in [5.41, 5.74) is 4.97. The standard InChI is InChI=1S/C12H13Cl2NO2/c13-8-3-2-7(6-9(8)14)10(11(15)16)12(17)4-1-5-12/h2-3,6,10,17H,1,4-5H2,(H2,15,16). The van der Waals surface area contributed by atoms with Crippen LogP contribution in [-0.4, -0.2) is 16.6 Å². The second-order valence-electron chi connectivity index (χ2n) is 4.47. The van der Waals surface area contributed by atoms with Gasteiger partial charge in [-0.3, -0.25) is 4.79 Å². The number of hydrogen-bond donors (Lipinski definition) is 2. The molecule has 92 valence electrons. The molecule has 0 bridgehead atoms. The van der Waals surface area contributed by atoms with Gasteiger partial charge in [0.05, 0.1) is 21.6 Å². The fourth-order valence-electron chi connectivity index (χ4n) is 2.26. The number of primary amides is 1. The third-order valence-corrected chi connectivity index (χ3v) is 4.06. The average Bonchev–Trinajstić information content (AvgIpc) is 2.20. The van der Waals surface area contributed by atoms with Gasteiger partial charge in [-0.05, 0) is 37.0 Å². The predicted molar refractivity (Wildman–Crippen MR) is 67.2 cm³/mol. The molecule has 1 aromatic carbocycles. The van der Waals surface area contributed by atoms with Crippen molar-refractivity contribution in [1.82, 2.24) is 0 Å². The van der Waals surface area contributed by atoms with E-state index < -0.39 is 17.4 Å². The number of rotatable bonds is 3. The number of carbonyl (C=O) groups excluding carboxylic acids is 1. The second-order valence-corrected chi connectivity index (χ2v) is 5.28. The van der Waals surface area contributed by atoms with Crippen LogP contribution in [0, 0.1) is 0 Å². The Morgan fingerprint density at radius 2 is 2.00 bits per heavy atom. The summed E-state index contributed by atoms with van der Waals surface area (Å²) in [5.74, 6) is -1.25. The van der Waals surface area contributed by atoms with Crippen LogP contribution in [0.4, 0.5) is 0 Å². The van der Waals surface area contributed by atoms with E-state index in [1.54, 1.807) is 18.2 Å². The van der Waals surface area contributed by atoms with Crippen LogP contribution in [0.25, 0.3) is 0 Å². The number of carbonyl (C=O) groups is 1. The Bertz CT molecular complexity index is 458. The number of aliphatic hydroxyl groups is 1. The summed E-state index contributed by atoms with van der Waals surface area (Å²) in [5, 5.41) is 11.1. The summed E-state index contributed by atoms with van der Waals surface area (Å²) < 4.78 is 0. The van der Waals surface area contributed by atoms with Gasteiger partial charge in [-0.1, -0.05) is 29.3 Å². The van der Waals surface area contributed by atoms with Crippen molar-refractivity contribution in [2.45, 2.75) is 30.8 Å². The molecule has 1 unspecified atom stereocenters. The third kappa shape index (κ3) is 2.28. The topological polar surface area (TPSA) is 63.3 Å². The Balaban J connectivity index is 2.39. The summed E-state index contributed by atoms with van der Waals surface area (Å²) in [6.07, 6.45) is 2.07. The average molecular weight is 274 g/mol. The van der Waals surface area contributed by atoms with Crippen molar-refractivity contribution in [3.8, 4) is 0 Å². The minimum atomic E-state index is -1.02. The lowest BCUT2D eigenvalue weighted by Gasteiger charge is -2.42. The first kappa shape index (κ1) is 12.7. The van der Waals surface area contributed by atoms with E-state index in [2.05, 4.69) is 0 Å². The van der Waals surface area contributed by atoms with Crippen LogP contribution in [0.3, 0.4) is 0 Å². The van der Waals surface area contributed by atoms with Crippen LogP contribution < -0.4 is 5.73 Å². The van der Waals surface area contributed by atoms with Crippen LogP contribution in [0.2, 0.25) is 10.0 Å². The van der Waals surface area contributed by atoms with E-state index >= 15 is 0 Å². The minimum absolute atomic E-state index is 0.360. The first-order valence-electron chi connectivity index (χ1n) is 5.41.